The van der Waals surface area contributed by atoms with Crippen molar-refractivity contribution in [3.05, 3.63) is 16.7 Å². The fraction of sp³-hybridized carbons (Fsp3) is 0.667. The predicted molar refractivity (Wildman–Crippen MR) is 92.2 cm³/mol. The Morgan fingerprint density at radius 1 is 1.14 bits per heavy atom. The van der Waals surface area contributed by atoms with Gasteiger partial charge in [0.2, 0.25) is 5.95 Å². The zero-order chi connectivity index (χ0) is 20.9. The molecule has 0 spiro atoms. The first kappa shape index (κ1) is 20.1. The lowest BCUT2D eigenvalue weighted by molar-refractivity contribution is -0.190. The average molecular weight is 415 g/mol. The molecule has 8 N–H and O–H groups in total. The molecule has 1 unspecified atom stereocenters. The van der Waals surface area contributed by atoms with Gasteiger partial charge in [0.1, 0.15) is 36.6 Å². The van der Waals surface area contributed by atoms with Crippen LogP contribution in [0.15, 0.2) is 11.1 Å². The van der Waals surface area contributed by atoms with Crippen molar-refractivity contribution in [2.75, 3.05) is 18.9 Å². The van der Waals surface area contributed by atoms with Gasteiger partial charge in [-0.15, -0.1) is 0 Å². The number of aliphatic hydroxyl groups excluding tert-OH is 5. The normalized spacial score (nSPS) is 37.6. The number of aliphatic hydroxyl groups is 5. The Bertz CT molecular complexity index is 935. The second kappa shape index (κ2) is 7.58. The number of rotatable bonds is 5. The van der Waals surface area contributed by atoms with E-state index < -0.39 is 61.3 Å². The summed E-state index contributed by atoms with van der Waals surface area (Å²) in [5.41, 5.74) is 5.03. The summed E-state index contributed by atoms with van der Waals surface area (Å²) in [6, 6.07) is 0. The van der Waals surface area contributed by atoms with Crippen LogP contribution in [0, 0.1) is 0 Å². The highest BCUT2D eigenvalue weighted by molar-refractivity contribution is 5.70. The van der Waals surface area contributed by atoms with Gasteiger partial charge in [0.25, 0.3) is 5.56 Å². The molecular formula is C15H21N5O9. The molecule has 2 saturated heterocycles. The summed E-state index contributed by atoms with van der Waals surface area (Å²) in [6.45, 7) is -0.811. The number of aromatic amines is 1. The monoisotopic (exact) mass is 415 g/mol. The third-order valence-corrected chi connectivity index (χ3v) is 4.99. The topological polar surface area (TPSA) is 218 Å². The number of nitrogen functional groups attached to an aromatic ring is 1. The van der Waals surface area contributed by atoms with E-state index in [9.17, 15) is 25.2 Å². The molecule has 0 saturated carbocycles. The van der Waals surface area contributed by atoms with Gasteiger partial charge >= 0.3 is 0 Å². The van der Waals surface area contributed by atoms with Crippen LogP contribution in [0.1, 0.15) is 6.23 Å². The Morgan fingerprint density at radius 2 is 1.86 bits per heavy atom. The lowest BCUT2D eigenvalue weighted by Crippen LogP contribution is -2.38. The van der Waals surface area contributed by atoms with Crippen LogP contribution in [0.5, 0.6) is 0 Å². The first-order valence-electron chi connectivity index (χ1n) is 8.79. The summed E-state index contributed by atoms with van der Waals surface area (Å²) in [7, 11) is 0. The van der Waals surface area contributed by atoms with Gasteiger partial charge in [-0.05, 0) is 0 Å². The van der Waals surface area contributed by atoms with Gasteiger partial charge in [-0.25, -0.2) is 4.98 Å². The van der Waals surface area contributed by atoms with Gasteiger partial charge in [-0.2, -0.15) is 4.98 Å². The molecule has 0 aliphatic carbocycles. The van der Waals surface area contributed by atoms with Crippen LogP contribution in [0.4, 0.5) is 5.95 Å². The Balaban J connectivity index is 1.48. The Morgan fingerprint density at radius 3 is 2.55 bits per heavy atom. The summed E-state index contributed by atoms with van der Waals surface area (Å²) in [5.74, 6) is -0.151. The molecule has 14 heteroatoms. The summed E-state index contributed by atoms with van der Waals surface area (Å²) in [4.78, 5) is 22.1. The molecule has 2 aliphatic rings. The molecular weight excluding hydrogens is 394 g/mol. The Kier molecular flexibility index (Phi) is 5.26. The van der Waals surface area contributed by atoms with Gasteiger partial charge in [0.15, 0.2) is 23.7 Å². The molecule has 14 nitrogen and oxygen atoms in total. The number of hydrogen-bond donors (Lipinski definition) is 7. The molecule has 4 heterocycles. The Hall–Kier alpha value is -2.17. The van der Waals surface area contributed by atoms with E-state index in [4.69, 9.17) is 25.1 Å². The highest BCUT2D eigenvalue weighted by Crippen LogP contribution is 2.32. The quantitative estimate of drug-likeness (QED) is 0.247. The molecule has 8 atom stereocenters. The van der Waals surface area contributed by atoms with Gasteiger partial charge in [0.05, 0.1) is 19.5 Å². The third-order valence-electron chi connectivity index (χ3n) is 4.99. The zero-order valence-corrected chi connectivity index (χ0v) is 14.9. The van der Waals surface area contributed by atoms with Crippen molar-refractivity contribution in [1.29, 1.82) is 0 Å². The number of nitrogens with one attached hydrogen (secondary N) is 1. The maximum absolute atomic E-state index is 11.9. The van der Waals surface area contributed by atoms with Crippen LogP contribution < -0.4 is 11.3 Å². The van der Waals surface area contributed by atoms with E-state index in [1.807, 2.05) is 0 Å². The van der Waals surface area contributed by atoms with Gasteiger partial charge in [0, 0.05) is 0 Å². The van der Waals surface area contributed by atoms with E-state index in [0.717, 1.165) is 0 Å². The van der Waals surface area contributed by atoms with Crippen molar-refractivity contribution in [3.63, 3.8) is 0 Å². The molecule has 4 rings (SSSR count). The molecule has 2 aliphatic heterocycles. The number of fused-ring (bicyclic) bond motifs is 1. The number of imidazole rings is 1. The number of anilines is 1. The van der Waals surface area contributed by atoms with E-state index in [-0.39, 0.29) is 23.7 Å². The maximum atomic E-state index is 11.9. The lowest BCUT2D eigenvalue weighted by Gasteiger charge is -2.20. The minimum atomic E-state index is -1.41. The molecule has 0 bridgehead atoms. The predicted octanol–water partition coefficient (Wildman–Crippen LogP) is -4.22. The lowest BCUT2D eigenvalue weighted by atomic mass is 10.1. The van der Waals surface area contributed by atoms with Gasteiger partial charge in [-0.3, -0.25) is 14.3 Å². The molecule has 0 radical (unpaired) electrons. The van der Waals surface area contributed by atoms with Crippen LogP contribution >= 0.6 is 0 Å². The van der Waals surface area contributed by atoms with Crippen molar-refractivity contribution in [2.24, 2.45) is 0 Å². The number of aromatic nitrogens is 4. The van der Waals surface area contributed by atoms with E-state index >= 15 is 0 Å². The van der Waals surface area contributed by atoms with Crippen molar-refractivity contribution in [2.45, 2.75) is 49.1 Å². The van der Waals surface area contributed by atoms with E-state index in [2.05, 4.69) is 15.0 Å². The zero-order valence-electron chi connectivity index (χ0n) is 14.9. The fourth-order valence-electron chi connectivity index (χ4n) is 3.42. The molecule has 0 amide bonds. The highest BCUT2D eigenvalue weighted by atomic mass is 16.7. The van der Waals surface area contributed by atoms with Crippen LogP contribution in [0.3, 0.4) is 0 Å². The standard InChI is InChI=1S/C15H21N5O9/c16-15-18-11-6(12(26)19-15)17-3-20(11)13-9(24)8(23)5(28-13)2-27-14-10(25)7(22)4(1-21)29-14/h3-5,7-10,13-14,21-25H,1-2H2,(H3,16,18,19,26)/t4-,5-,7-,8-,9-,10-,13-,14?/m1/s1. The van der Waals surface area contributed by atoms with Crippen molar-refractivity contribution < 1.29 is 39.7 Å². The molecule has 2 aromatic heterocycles. The second-order valence-electron chi connectivity index (χ2n) is 6.86. The van der Waals surface area contributed by atoms with Crippen LogP contribution in [0.2, 0.25) is 0 Å². The highest BCUT2D eigenvalue weighted by Gasteiger charge is 2.47. The first-order chi connectivity index (χ1) is 13.8. The molecule has 160 valence electrons. The minimum Gasteiger partial charge on any atom is -0.394 e. The first-order valence-corrected chi connectivity index (χ1v) is 8.79. The van der Waals surface area contributed by atoms with Crippen LogP contribution in [-0.2, 0) is 14.2 Å². The number of nitrogens with zero attached hydrogens (tertiary/aromatic N) is 3. The van der Waals surface area contributed by atoms with Crippen molar-refractivity contribution in [3.8, 4) is 0 Å². The molecule has 0 aromatic carbocycles. The van der Waals surface area contributed by atoms with Crippen molar-refractivity contribution in [1.82, 2.24) is 19.5 Å². The van der Waals surface area contributed by atoms with Gasteiger partial charge in [-0.1, -0.05) is 0 Å². The maximum Gasteiger partial charge on any atom is 0.280 e. The average Bonchev–Trinajstić information content (AvgIpc) is 3.31. The Labute approximate surface area is 162 Å². The molecule has 2 fully saturated rings. The number of ether oxygens (including phenoxy) is 3. The molecule has 29 heavy (non-hydrogen) atoms. The van der Waals surface area contributed by atoms with Crippen LogP contribution in [0.25, 0.3) is 11.2 Å². The third kappa shape index (κ3) is 3.38. The fourth-order valence-corrected chi connectivity index (χ4v) is 3.42. The minimum absolute atomic E-state index is 0.0179. The van der Waals surface area contributed by atoms with E-state index in [1.165, 1.54) is 10.9 Å². The molecule has 2 aromatic rings. The van der Waals surface area contributed by atoms with E-state index in [0.29, 0.717) is 0 Å². The van der Waals surface area contributed by atoms with Crippen molar-refractivity contribution >= 4 is 17.1 Å². The number of nitrogens with two attached hydrogens (primary N) is 1. The van der Waals surface area contributed by atoms with Gasteiger partial charge < -0.3 is 45.5 Å². The summed E-state index contributed by atoms with van der Waals surface area (Å²) >= 11 is 0. The SMILES string of the molecule is Nc1nc2c(ncn2[C@@H]2O[C@H](COC3O[C@H](CO)[C@@H](O)[C@H]3O)[C@@H](O)[C@H]2O)c(=O)[nH]1. The van der Waals surface area contributed by atoms with Crippen LogP contribution in [-0.4, -0.2) is 101 Å². The summed E-state index contributed by atoms with van der Waals surface area (Å²) in [5, 5.41) is 49.4. The number of hydrogen-bond acceptors (Lipinski definition) is 12. The summed E-state index contributed by atoms with van der Waals surface area (Å²) < 4.78 is 17.5. The largest absolute Gasteiger partial charge is 0.394 e. The number of H-pyrrole nitrogens is 1. The smallest absolute Gasteiger partial charge is 0.280 e. The second-order valence-corrected chi connectivity index (χ2v) is 6.86. The van der Waals surface area contributed by atoms with E-state index in [1.54, 1.807) is 0 Å². The summed E-state index contributed by atoms with van der Waals surface area (Å²) in [6.07, 6.45) is -8.72.